The number of aromatic nitrogens is 2. The van der Waals surface area contributed by atoms with E-state index in [9.17, 15) is 4.79 Å². The Hall–Kier alpha value is -2.99. The van der Waals surface area contributed by atoms with Gasteiger partial charge in [0.15, 0.2) is 5.82 Å². The predicted octanol–water partition coefficient (Wildman–Crippen LogP) is 3.84. The molecule has 1 unspecified atom stereocenters. The van der Waals surface area contributed by atoms with Crippen LogP contribution in [0.25, 0.3) is 0 Å². The molecule has 0 fully saturated rings. The normalized spacial score (nSPS) is 12.6. The number of rotatable bonds is 6. The molecule has 3 rings (SSSR count). The summed E-state index contributed by atoms with van der Waals surface area (Å²) < 4.78 is 5.32. The summed E-state index contributed by atoms with van der Waals surface area (Å²) in [6.45, 7) is 6.36. The highest BCUT2D eigenvalue weighted by molar-refractivity contribution is 5.95. The molecule has 140 valence electrons. The van der Waals surface area contributed by atoms with Crippen molar-refractivity contribution in [2.45, 2.75) is 38.8 Å². The van der Waals surface area contributed by atoms with E-state index >= 15 is 0 Å². The van der Waals surface area contributed by atoms with Crippen LogP contribution in [0.2, 0.25) is 0 Å². The van der Waals surface area contributed by atoms with Crippen LogP contribution in [0.5, 0.6) is 0 Å². The van der Waals surface area contributed by atoms with Gasteiger partial charge in [0.1, 0.15) is 6.04 Å². The Morgan fingerprint density at radius 1 is 1.04 bits per heavy atom. The van der Waals surface area contributed by atoms with Crippen molar-refractivity contribution in [3.8, 4) is 0 Å². The van der Waals surface area contributed by atoms with Crippen LogP contribution in [0.4, 0.5) is 5.69 Å². The highest BCUT2D eigenvalue weighted by Gasteiger charge is 2.24. The number of nitrogens with zero attached hydrogens (tertiary/aromatic N) is 2. The fourth-order valence-electron chi connectivity index (χ4n) is 2.57. The van der Waals surface area contributed by atoms with E-state index in [2.05, 4.69) is 20.8 Å². The van der Waals surface area contributed by atoms with Gasteiger partial charge in [-0.15, -0.1) is 0 Å². The molecule has 6 heteroatoms. The Kier molecular flexibility index (Phi) is 5.66. The Labute approximate surface area is 159 Å². The summed E-state index contributed by atoms with van der Waals surface area (Å²) in [6, 6.07) is 18.4. The zero-order chi connectivity index (χ0) is 19.3. The molecule has 0 aliphatic rings. The maximum Gasteiger partial charge on any atom is 0.246 e. The van der Waals surface area contributed by atoms with Gasteiger partial charge in [-0.25, -0.2) is 0 Å². The fourth-order valence-corrected chi connectivity index (χ4v) is 2.57. The summed E-state index contributed by atoms with van der Waals surface area (Å²) in [5.41, 5.74) is 1.40. The van der Waals surface area contributed by atoms with Gasteiger partial charge >= 0.3 is 0 Å². The van der Waals surface area contributed by atoms with E-state index in [1.165, 1.54) is 0 Å². The molecule has 27 heavy (non-hydrogen) atoms. The molecule has 0 aliphatic heterocycles. The summed E-state index contributed by atoms with van der Waals surface area (Å²) in [7, 11) is 0. The molecule has 0 radical (unpaired) electrons. The second kappa shape index (κ2) is 8.14. The number of carbonyl (C=O) groups is 1. The van der Waals surface area contributed by atoms with Crippen LogP contribution >= 0.6 is 0 Å². The monoisotopic (exact) mass is 364 g/mol. The summed E-state index contributed by atoms with van der Waals surface area (Å²) in [4.78, 5) is 17.3. The lowest BCUT2D eigenvalue weighted by molar-refractivity contribution is -0.118. The number of benzene rings is 2. The van der Waals surface area contributed by atoms with Gasteiger partial charge in [-0.05, 0) is 17.7 Å². The van der Waals surface area contributed by atoms with E-state index in [4.69, 9.17) is 4.52 Å². The number of anilines is 1. The first-order valence-corrected chi connectivity index (χ1v) is 8.91. The van der Waals surface area contributed by atoms with Gasteiger partial charge in [0.05, 0.1) is 6.54 Å². The third kappa shape index (κ3) is 5.01. The Balaban J connectivity index is 1.74. The van der Waals surface area contributed by atoms with Crippen molar-refractivity contribution >= 4 is 11.6 Å². The molecular weight excluding hydrogens is 340 g/mol. The summed E-state index contributed by atoms with van der Waals surface area (Å²) >= 11 is 0. The van der Waals surface area contributed by atoms with Crippen molar-refractivity contribution in [3.63, 3.8) is 0 Å². The molecule has 1 aromatic heterocycles. The van der Waals surface area contributed by atoms with Crippen molar-refractivity contribution in [2.24, 2.45) is 0 Å². The molecular formula is C21H24N4O2. The molecule has 0 saturated heterocycles. The van der Waals surface area contributed by atoms with Gasteiger partial charge in [-0.1, -0.05) is 74.5 Å². The van der Waals surface area contributed by atoms with Crippen molar-refractivity contribution < 1.29 is 9.32 Å². The minimum absolute atomic E-state index is 0.146. The van der Waals surface area contributed by atoms with E-state index in [1.807, 2.05) is 81.4 Å². The molecule has 1 amide bonds. The Morgan fingerprint density at radius 2 is 1.67 bits per heavy atom. The lowest BCUT2D eigenvalue weighted by atomic mass is 9.97. The SMILES string of the molecule is CC(C)(C)c1nc(CNC(C(=O)Nc2ccccc2)c2ccccc2)no1. The van der Waals surface area contributed by atoms with E-state index in [0.717, 1.165) is 11.3 Å². The van der Waals surface area contributed by atoms with E-state index < -0.39 is 6.04 Å². The minimum atomic E-state index is -0.539. The lowest BCUT2D eigenvalue weighted by Crippen LogP contribution is -2.33. The number of hydrogen-bond acceptors (Lipinski definition) is 5. The van der Waals surface area contributed by atoms with Crippen LogP contribution in [0, 0.1) is 0 Å². The Morgan fingerprint density at radius 3 is 2.26 bits per heavy atom. The topological polar surface area (TPSA) is 80.0 Å². The number of para-hydroxylation sites is 1. The van der Waals surface area contributed by atoms with Crippen LogP contribution in [0.15, 0.2) is 65.2 Å². The third-order valence-corrected chi connectivity index (χ3v) is 4.01. The first kappa shape index (κ1) is 18.8. The highest BCUT2D eigenvalue weighted by Crippen LogP contribution is 2.20. The first-order valence-electron chi connectivity index (χ1n) is 8.91. The zero-order valence-corrected chi connectivity index (χ0v) is 15.8. The van der Waals surface area contributed by atoms with Crippen molar-refractivity contribution in [2.75, 3.05) is 5.32 Å². The fraction of sp³-hybridized carbons (Fsp3) is 0.286. The standard InChI is InChI=1S/C21H24N4O2/c1-21(2,3)20-24-17(25-27-20)14-22-18(15-10-6-4-7-11-15)19(26)23-16-12-8-5-9-13-16/h4-13,18,22H,14H2,1-3H3,(H,23,26). The van der Waals surface area contributed by atoms with Crippen LogP contribution in [-0.2, 0) is 16.8 Å². The molecule has 0 aliphatic carbocycles. The number of amides is 1. The van der Waals surface area contributed by atoms with Gasteiger partial charge in [0.2, 0.25) is 11.8 Å². The minimum Gasteiger partial charge on any atom is -0.339 e. The Bertz CT molecular complexity index is 870. The third-order valence-electron chi connectivity index (χ3n) is 4.01. The molecule has 1 atom stereocenters. The largest absolute Gasteiger partial charge is 0.339 e. The maximum absolute atomic E-state index is 12.9. The molecule has 2 N–H and O–H groups in total. The molecule has 2 aromatic carbocycles. The predicted molar refractivity (Wildman–Crippen MR) is 104 cm³/mol. The number of carbonyl (C=O) groups excluding carboxylic acids is 1. The van der Waals surface area contributed by atoms with Crippen LogP contribution < -0.4 is 10.6 Å². The van der Waals surface area contributed by atoms with Crippen molar-refractivity contribution in [1.82, 2.24) is 15.5 Å². The lowest BCUT2D eigenvalue weighted by Gasteiger charge is -2.18. The molecule has 1 heterocycles. The molecule has 6 nitrogen and oxygen atoms in total. The van der Waals surface area contributed by atoms with Gasteiger partial charge in [0, 0.05) is 11.1 Å². The van der Waals surface area contributed by atoms with Gasteiger partial charge in [0.25, 0.3) is 0 Å². The second-order valence-corrected chi connectivity index (χ2v) is 7.35. The smallest absolute Gasteiger partial charge is 0.246 e. The van der Waals surface area contributed by atoms with Gasteiger partial charge < -0.3 is 9.84 Å². The van der Waals surface area contributed by atoms with Gasteiger partial charge in [-0.3, -0.25) is 10.1 Å². The molecule has 0 spiro atoms. The van der Waals surface area contributed by atoms with Gasteiger partial charge in [-0.2, -0.15) is 4.98 Å². The highest BCUT2D eigenvalue weighted by atomic mass is 16.5. The van der Waals surface area contributed by atoms with Crippen molar-refractivity contribution in [3.05, 3.63) is 77.9 Å². The quantitative estimate of drug-likeness (QED) is 0.695. The summed E-state index contributed by atoms with van der Waals surface area (Å²) in [5.74, 6) is 0.949. The van der Waals surface area contributed by atoms with Crippen molar-refractivity contribution in [1.29, 1.82) is 0 Å². The second-order valence-electron chi connectivity index (χ2n) is 7.35. The number of hydrogen-bond donors (Lipinski definition) is 2. The van der Waals surface area contributed by atoms with E-state index in [1.54, 1.807) is 0 Å². The van der Waals surface area contributed by atoms with Crippen LogP contribution in [0.3, 0.4) is 0 Å². The molecule has 0 saturated carbocycles. The summed E-state index contributed by atoms with van der Waals surface area (Å²) in [5, 5.41) is 10.2. The average Bonchev–Trinajstić information content (AvgIpc) is 3.13. The first-order chi connectivity index (χ1) is 12.9. The van der Waals surface area contributed by atoms with E-state index in [-0.39, 0.29) is 11.3 Å². The average molecular weight is 364 g/mol. The maximum atomic E-state index is 12.9. The molecule has 0 bridgehead atoms. The van der Waals surface area contributed by atoms with E-state index in [0.29, 0.717) is 18.3 Å². The van der Waals surface area contributed by atoms with Crippen LogP contribution in [0.1, 0.15) is 44.1 Å². The van der Waals surface area contributed by atoms with Crippen LogP contribution in [-0.4, -0.2) is 16.0 Å². The molecule has 3 aromatic rings. The zero-order valence-electron chi connectivity index (χ0n) is 15.8. The summed E-state index contributed by atoms with van der Waals surface area (Å²) in [6.07, 6.45) is 0. The number of nitrogens with one attached hydrogen (secondary N) is 2.